The topological polar surface area (TPSA) is 3.24 Å². The summed E-state index contributed by atoms with van der Waals surface area (Å²) in [6.45, 7) is 7.05. The molecule has 0 N–H and O–H groups in total. The standard InChI is InChI=1S/C64H67N/c1-44-23-24-52(55-40-53(46-17-9-5-10-18-46)39-54(41-55)47-19-11-6-12-20-47)42-61(44)51-31-35-57(36-32-51)65(58-37-38-60-59-21-13-14-22-62(59)64(2,3)63(60)43-58)56-33-29-50(30-34-56)49-27-25-48(26-28-49)45-15-7-4-8-16-45/h13-14,21-43,45-47H,4-12,15-20H2,1-3H3. The van der Waals surface area contributed by atoms with Crippen LogP contribution < -0.4 is 4.90 Å². The van der Waals surface area contributed by atoms with Gasteiger partial charge in [0.2, 0.25) is 0 Å². The second kappa shape index (κ2) is 18.0. The Bertz CT molecular complexity index is 2730. The summed E-state index contributed by atoms with van der Waals surface area (Å²) in [5, 5.41) is 0. The van der Waals surface area contributed by atoms with E-state index in [9.17, 15) is 0 Å². The van der Waals surface area contributed by atoms with Crippen molar-refractivity contribution in [2.75, 3.05) is 4.90 Å². The molecule has 0 aromatic heterocycles. The summed E-state index contributed by atoms with van der Waals surface area (Å²) >= 11 is 0. The number of fused-ring (bicyclic) bond motifs is 3. The lowest BCUT2D eigenvalue weighted by Gasteiger charge is -2.28. The summed E-state index contributed by atoms with van der Waals surface area (Å²) < 4.78 is 0. The van der Waals surface area contributed by atoms with Gasteiger partial charge in [0.25, 0.3) is 0 Å². The van der Waals surface area contributed by atoms with Crippen LogP contribution in [-0.4, -0.2) is 0 Å². The van der Waals surface area contributed by atoms with Crippen molar-refractivity contribution < 1.29 is 0 Å². The summed E-state index contributed by atoms with van der Waals surface area (Å²) in [6.07, 6.45) is 20.4. The molecule has 328 valence electrons. The van der Waals surface area contributed by atoms with E-state index >= 15 is 0 Å². The number of benzene rings is 7. The van der Waals surface area contributed by atoms with Gasteiger partial charge >= 0.3 is 0 Å². The van der Waals surface area contributed by atoms with Gasteiger partial charge in [-0.1, -0.05) is 181 Å². The van der Waals surface area contributed by atoms with Crippen LogP contribution >= 0.6 is 0 Å². The van der Waals surface area contributed by atoms with Crippen molar-refractivity contribution in [1.82, 2.24) is 0 Å². The van der Waals surface area contributed by atoms with Gasteiger partial charge < -0.3 is 4.90 Å². The predicted molar refractivity (Wildman–Crippen MR) is 277 cm³/mol. The van der Waals surface area contributed by atoms with E-state index in [0.29, 0.717) is 11.8 Å². The highest BCUT2D eigenvalue weighted by atomic mass is 15.1. The van der Waals surface area contributed by atoms with Gasteiger partial charge in [0.1, 0.15) is 0 Å². The third kappa shape index (κ3) is 8.30. The van der Waals surface area contributed by atoms with Crippen molar-refractivity contribution in [3.8, 4) is 44.5 Å². The Morgan fingerprint density at radius 1 is 0.354 bits per heavy atom. The SMILES string of the molecule is Cc1ccc(-c2cc(C3CCCCC3)cc(C3CCCCC3)c2)cc1-c1ccc(N(c2ccc(-c3ccc(C4CCCCC4)cc3)cc2)c2ccc3c(c2)C(C)(C)c2ccccc2-3)cc1. The zero-order chi connectivity index (χ0) is 43.9. The van der Waals surface area contributed by atoms with Crippen LogP contribution in [0.4, 0.5) is 17.1 Å². The van der Waals surface area contributed by atoms with Gasteiger partial charge in [0, 0.05) is 22.5 Å². The predicted octanol–water partition coefficient (Wildman–Crippen LogP) is 18.9. The first kappa shape index (κ1) is 42.0. The smallest absolute Gasteiger partial charge is 0.0465 e. The molecule has 1 heteroatoms. The Kier molecular flexibility index (Phi) is 11.6. The maximum Gasteiger partial charge on any atom is 0.0465 e. The summed E-state index contributed by atoms with van der Waals surface area (Å²) in [6, 6.07) is 59.2. The maximum atomic E-state index is 2.62. The molecule has 3 fully saturated rings. The molecule has 7 aromatic rings. The molecule has 0 spiro atoms. The van der Waals surface area contributed by atoms with Crippen LogP contribution in [0.25, 0.3) is 44.5 Å². The number of rotatable bonds is 9. The summed E-state index contributed by atoms with van der Waals surface area (Å²) in [5.41, 5.74) is 22.8. The maximum absolute atomic E-state index is 2.62. The molecular formula is C64H67N. The molecule has 0 saturated heterocycles. The van der Waals surface area contributed by atoms with Crippen molar-refractivity contribution in [2.24, 2.45) is 0 Å². The Balaban J connectivity index is 0.941. The van der Waals surface area contributed by atoms with E-state index in [4.69, 9.17) is 0 Å². The van der Waals surface area contributed by atoms with Crippen LogP contribution in [0.5, 0.6) is 0 Å². The molecule has 0 aliphatic heterocycles. The number of nitrogens with zero attached hydrogens (tertiary/aromatic N) is 1. The number of aryl methyl sites for hydroxylation is 1. The van der Waals surface area contributed by atoms with Gasteiger partial charge in [-0.05, 0) is 184 Å². The Labute approximate surface area is 390 Å². The molecule has 0 radical (unpaired) electrons. The lowest BCUT2D eigenvalue weighted by Crippen LogP contribution is -2.16. The van der Waals surface area contributed by atoms with E-state index in [-0.39, 0.29) is 5.41 Å². The molecule has 0 amide bonds. The highest BCUT2D eigenvalue weighted by Crippen LogP contribution is 2.51. The quantitative estimate of drug-likeness (QED) is 0.140. The molecular weight excluding hydrogens is 783 g/mol. The highest BCUT2D eigenvalue weighted by Gasteiger charge is 2.36. The molecule has 4 aliphatic carbocycles. The van der Waals surface area contributed by atoms with Crippen LogP contribution in [0, 0.1) is 6.92 Å². The van der Waals surface area contributed by atoms with Crippen molar-refractivity contribution >= 4 is 17.1 Å². The molecule has 1 nitrogen and oxygen atoms in total. The Hall–Kier alpha value is -5.66. The molecule has 0 atom stereocenters. The van der Waals surface area contributed by atoms with E-state index in [1.807, 2.05) is 0 Å². The molecule has 4 aliphatic rings. The fourth-order valence-corrected chi connectivity index (χ4v) is 12.6. The van der Waals surface area contributed by atoms with E-state index in [0.717, 1.165) is 11.6 Å². The molecule has 0 unspecified atom stereocenters. The van der Waals surface area contributed by atoms with Gasteiger partial charge in [-0.25, -0.2) is 0 Å². The fraction of sp³-hybridized carbons (Fsp3) is 0.344. The van der Waals surface area contributed by atoms with Gasteiger partial charge in [-0.15, -0.1) is 0 Å². The lowest BCUT2D eigenvalue weighted by atomic mass is 9.78. The minimum atomic E-state index is -0.0826. The third-order valence-corrected chi connectivity index (χ3v) is 16.4. The van der Waals surface area contributed by atoms with Gasteiger partial charge in [0.05, 0.1) is 0 Å². The first-order valence-corrected chi connectivity index (χ1v) is 25.5. The zero-order valence-corrected chi connectivity index (χ0v) is 39.2. The first-order valence-electron chi connectivity index (χ1n) is 25.5. The average Bonchev–Trinajstić information content (AvgIpc) is 3.60. The van der Waals surface area contributed by atoms with Crippen LogP contribution in [0.2, 0.25) is 0 Å². The van der Waals surface area contributed by atoms with Crippen molar-refractivity contribution in [2.45, 2.75) is 140 Å². The van der Waals surface area contributed by atoms with Crippen LogP contribution in [-0.2, 0) is 5.41 Å². The summed E-state index contributed by atoms with van der Waals surface area (Å²) in [4.78, 5) is 2.46. The monoisotopic (exact) mass is 850 g/mol. The third-order valence-electron chi connectivity index (χ3n) is 16.4. The van der Waals surface area contributed by atoms with Crippen molar-refractivity contribution in [3.05, 3.63) is 185 Å². The molecule has 0 bridgehead atoms. The van der Waals surface area contributed by atoms with Gasteiger partial charge in [-0.3, -0.25) is 0 Å². The Morgan fingerprint density at radius 3 is 1.42 bits per heavy atom. The number of hydrogen-bond donors (Lipinski definition) is 0. The summed E-state index contributed by atoms with van der Waals surface area (Å²) in [5.74, 6) is 2.12. The number of hydrogen-bond acceptors (Lipinski definition) is 1. The Morgan fingerprint density at radius 2 is 0.831 bits per heavy atom. The average molecular weight is 850 g/mol. The highest BCUT2D eigenvalue weighted by molar-refractivity contribution is 5.87. The van der Waals surface area contributed by atoms with Crippen LogP contribution in [0.15, 0.2) is 152 Å². The first-order chi connectivity index (χ1) is 31.9. The van der Waals surface area contributed by atoms with E-state index in [1.165, 1.54) is 174 Å². The second-order valence-electron chi connectivity index (χ2n) is 20.9. The van der Waals surface area contributed by atoms with E-state index in [2.05, 4.69) is 177 Å². The molecule has 0 heterocycles. The van der Waals surface area contributed by atoms with E-state index in [1.54, 1.807) is 11.1 Å². The molecule has 65 heavy (non-hydrogen) atoms. The minimum absolute atomic E-state index is 0.0826. The van der Waals surface area contributed by atoms with Crippen LogP contribution in [0.1, 0.15) is 161 Å². The number of anilines is 3. The lowest BCUT2D eigenvalue weighted by molar-refractivity contribution is 0.435. The van der Waals surface area contributed by atoms with Crippen molar-refractivity contribution in [1.29, 1.82) is 0 Å². The van der Waals surface area contributed by atoms with Crippen molar-refractivity contribution in [3.63, 3.8) is 0 Å². The molecule has 3 saturated carbocycles. The largest absolute Gasteiger partial charge is 0.310 e. The van der Waals surface area contributed by atoms with Gasteiger partial charge in [0.15, 0.2) is 0 Å². The zero-order valence-electron chi connectivity index (χ0n) is 39.2. The van der Waals surface area contributed by atoms with Crippen LogP contribution in [0.3, 0.4) is 0 Å². The summed E-state index contributed by atoms with van der Waals surface area (Å²) in [7, 11) is 0. The molecule has 7 aromatic carbocycles. The molecule has 11 rings (SSSR count). The fourth-order valence-electron chi connectivity index (χ4n) is 12.6. The van der Waals surface area contributed by atoms with Gasteiger partial charge in [-0.2, -0.15) is 0 Å². The normalized spacial score (nSPS) is 17.7. The minimum Gasteiger partial charge on any atom is -0.310 e. The second-order valence-corrected chi connectivity index (χ2v) is 20.9. The van der Waals surface area contributed by atoms with E-state index < -0.39 is 0 Å².